The second-order valence-corrected chi connectivity index (χ2v) is 16.5. The van der Waals surface area contributed by atoms with Crippen molar-refractivity contribution < 1.29 is 0 Å². The van der Waals surface area contributed by atoms with Gasteiger partial charge in [-0.05, 0) is 65.0 Å². The third-order valence-electron chi connectivity index (χ3n) is 12.9. The number of benzene rings is 10. The molecule has 0 saturated carbocycles. The maximum Gasteiger partial charge on any atom is 0.160 e. The highest BCUT2D eigenvalue weighted by Gasteiger charge is 2.25. The summed E-state index contributed by atoms with van der Waals surface area (Å²) in [6.45, 7) is 0. The Morgan fingerprint density at radius 2 is 0.812 bits per heavy atom. The molecular formula is C60H38N4. The standard InChI is InChI=1S/C60H38N4/c1-4-17-39(18-5-1)44-24-16-25-46(37-44)63-54-30-15-14-29-50(54)55-56-51-36-33-40-19-10-11-26-47(40)57(51)64(59(56)49-28-13-12-27-48(49)58(55)63)45-34-31-43(32-35-45)60-61-52(41-20-6-2-7-21-41)38-53(62-60)42-22-8-3-9-23-42/h1-38H. The van der Waals surface area contributed by atoms with E-state index in [1.165, 1.54) is 76.3 Å². The van der Waals surface area contributed by atoms with Crippen molar-refractivity contribution >= 4 is 65.2 Å². The molecule has 0 atom stereocenters. The largest absolute Gasteiger partial charge is 0.309 e. The van der Waals surface area contributed by atoms with Gasteiger partial charge >= 0.3 is 0 Å². The zero-order valence-corrected chi connectivity index (χ0v) is 34.7. The summed E-state index contributed by atoms with van der Waals surface area (Å²) in [6, 6.07) is 82.6. The average molecular weight is 815 g/mol. The number of fused-ring (bicyclic) bond motifs is 12. The molecule has 0 fully saturated rings. The topological polar surface area (TPSA) is 35.6 Å². The van der Waals surface area contributed by atoms with E-state index in [2.05, 4.69) is 228 Å². The van der Waals surface area contributed by atoms with E-state index in [-0.39, 0.29) is 0 Å². The Labute approximate surface area is 369 Å². The van der Waals surface area contributed by atoms with Crippen LogP contribution in [0.1, 0.15) is 0 Å². The van der Waals surface area contributed by atoms with Crippen LogP contribution in [0, 0.1) is 0 Å². The van der Waals surface area contributed by atoms with Gasteiger partial charge in [-0.25, -0.2) is 9.97 Å². The lowest BCUT2D eigenvalue weighted by molar-refractivity contribution is 1.17. The summed E-state index contributed by atoms with van der Waals surface area (Å²) in [4.78, 5) is 10.3. The average Bonchev–Trinajstić information content (AvgIpc) is 3.91. The number of para-hydroxylation sites is 1. The van der Waals surface area contributed by atoms with Crippen LogP contribution >= 0.6 is 0 Å². The predicted molar refractivity (Wildman–Crippen MR) is 267 cm³/mol. The second kappa shape index (κ2) is 14.5. The van der Waals surface area contributed by atoms with E-state index < -0.39 is 0 Å². The highest BCUT2D eigenvalue weighted by molar-refractivity contribution is 6.38. The second-order valence-electron chi connectivity index (χ2n) is 16.5. The van der Waals surface area contributed by atoms with Crippen LogP contribution in [0.25, 0.3) is 122 Å². The van der Waals surface area contributed by atoms with Crippen LogP contribution in [-0.2, 0) is 0 Å². The molecule has 0 saturated heterocycles. The van der Waals surface area contributed by atoms with Crippen LogP contribution in [0.15, 0.2) is 231 Å². The number of hydrogen-bond acceptors (Lipinski definition) is 2. The molecule has 3 heterocycles. The third-order valence-corrected chi connectivity index (χ3v) is 12.9. The number of aromatic nitrogens is 4. The monoisotopic (exact) mass is 814 g/mol. The summed E-state index contributed by atoms with van der Waals surface area (Å²) in [5.41, 5.74) is 14.2. The highest BCUT2D eigenvalue weighted by atomic mass is 15.0. The first kappa shape index (κ1) is 36.1. The van der Waals surface area contributed by atoms with Crippen molar-refractivity contribution in [3.63, 3.8) is 0 Å². The Morgan fingerprint density at radius 1 is 0.281 bits per heavy atom. The van der Waals surface area contributed by atoms with Crippen molar-refractivity contribution in [3.05, 3.63) is 231 Å². The number of rotatable bonds is 6. The van der Waals surface area contributed by atoms with Gasteiger partial charge in [0.05, 0.1) is 33.5 Å². The van der Waals surface area contributed by atoms with Crippen molar-refractivity contribution in [3.8, 4) is 56.4 Å². The molecule has 0 N–H and O–H groups in total. The van der Waals surface area contributed by atoms with E-state index in [1.54, 1.807) is 0 Å². The lowest BCUT2D eigenvalue weighted by atomic mass is 9.98. The van der Waals surface area contributed by atoms with Gasteiger partial charge < -0.3 is 9.13 Å². The van der Waals surface area contributed by atoms with E-state index in [0.29, 0.717) is 5.82 Å². The first-order chi connectivity index (χ1) is 31.8. The SMILES string of the molecule is c1ccc(-c2cccc(-n3c4ccccc4c4c5c6ccc7ccccc7c6n(-c6ccc(-c7nc(-c8ccccc8)cc(-c8ccccc8)n7)cc6)c5c5ccccc5c43)c2)cc1. The fourth-order valence-electron chi connectivity index (χ4n) is 10.0. The molecule has 0 radical (unpaired) electrons. The summed E-state index contributed by atoms with van der Waals surface area (Å²) in [5.74, 6) is 0.690. The van der Waals surface area contributed by atoms with Crippen molar-refractivity contribution in [1.82, 2.24) is 19.1 Å². The van der Waals surface area contributed by atoms with Gasteiger partial charge in [-0.2, -0.15) is 0 Å². The van der Waals surface area contributed by atoms with Crippen LogP contribution < -0.4 is 0 Å². The maximum atomic E-state index is 5.17. The zero-order valence-electron chi connectivity index (χ0n) is 34.7. The number of hydrogen-bond donors (Lipinski definition) is 0. The summed E-state index contributed by atoms with van der Waals surface area (Å²) < 4.78 is 5.00. The Kier molecular flexibility index (Phi) is 8.18. The Bertz CT molecular complexity index is 3860. The van der Waals surface area contributed by atoms with Gasteiger partial charge in [0.25, 0.3) is 0 Å². The van der Waals surface area contributed by atoms with Crippen LogP contribution in [0.3, 0.4) is 0 Å². The normalized spacial score (nSPS) is 11.8. The lowest BCUT2D eigenvalue weighted by Gasteiger charge is -2.15. The van der Waals surface area contributed by atoms with Crippen LogP contribution in [0.4, 0.5) is 0 Å². The molecule has 10 aromatic carbocycles. The smallest absolute Gasteiger partial charge is 0.160 e. The fourth-order valence-corrected chi connectivity index (χ4v) is 10.0. The van der Waals surface area contributed by atoms with E-state index in [1.807, 2.05) is 12.1 Å². The van der Waals surface area contributed by atoms with E-state index >= 15 is 0 Å². The van der Waals surface area contributed by atoms with Crippen molar-refractivity contribution in [2.24, 2.45) is 0 Å². The zero-order chi connectivity index (χ0) is 42.1. The van der Waals surface area contributed by atoms with Crippen molar-refractivity contribution in [2.45, 2.75) is 0 Å². The van der Waals surface area contributed by atoms with Gasteiger partial charge in [0.2, 0.25) is 0 Å². The first-order valence-electron chi connectivity index (χ1n) is 21.8. The minimum absolute atomic E-state index is 0.690. The van der Waals surface area contributed by atoms with Crippen molar-refractivity contribution in [1.29, 1.82) is 0 Å². The quantitative estimate of drug-likeness (QED) is 0.168. The van der Waals surface area contributed by atoms with Gasteiger partial charge in [-0.15, -0.1) is 0 Å². The Hall–Kier alpha value is -8.60. The fraction of sp³-hybridized carbons (Fsp3) is 0. The predicted octanol–water partition coefficient (Wildman–Crippen LogP) is 15.6. The van der Waals surface area contributed by atoms with Gasteiger partial charge in [-0.1, -0.05) is 182 Å². The van der Waals surface area contributed by atoms with Crippen LogP contribution in [0.2, 0.25) is 0 Å². The molecule has 13 rings (SSSR count). The van der Waals surface area contributed by atoms with Crippen molar-refractivity contribution in [2.75, 3.05) is 0 Å². The van der Waals surface area contributed by atoms with Gasteiger partial charge in [-0.3, -0.25) is 0 Å². The molecule has 4 nitrogen and oxygen atoms in total. The Morgan fingerprint density at radius 3 is 1.48 bits per heavy atom. The molecule has 0 spiro atoms. The highest BCUT2D eigenvalue weighted by Crippen LogP contribution is 2.48. The molecule has 64 heavy (non-hydrogen) atoms. The third kappa shape index (κ3) is 5.63. The molecular weight excluding hydrogens is 777 g/mol. The first-order valence-corrected chi connectivity index (χ1v) is 21.8. The summed E-state index contributed by atoms with van der Waals surface area (Å²) in [6.07, 6.45) is 0. The molecule has 0 aliphatic heterocycles. The molecule has 0 aliphatic rings. The minimum Gasteiger partial charge on any atom is -0.309 e. The van der Waals surface area contributed by atoms with Gasteiger partial charge in [0.1, 0.15) is 0 Å². The lowest BCUT2D eigenvalue weighted by Crippen LogP contribution is -1.98. The van der Waals surface area contributed by atoms with E-state index in [9.17, 15) is 0 Å². The molecule has 4 heteroatoms. The summed E-state index contributed by atoms with van der Waals surface area (Å²) in [5, 5.41) is 9.77. The Balaban J connectivity index is 1.10. The molecule has 13 aromatic rings. The van der Waals surface area contributed by atoms with E-state index in [4.69, 9.17) is 9.97 Å². The molecule has 0 bridgehead atoms. The molecule has 0 aliphatic carbocycles. The maximum absolute atomic E-state index is 5.17. The van der Waals surface area contributed by atoms with Gasteiger partial charge in [0.15, 0.2) is 5.82 Å². The summed E-state index contributed by atoms with van der Waals surface area (Å²) >= 11 is 0. The molecule has 298 valence electrons. The molecule has 0 unspecified atom stereocenters. The van der Waals surface area contributed by atoms with Gasteiger partial charge in [0, 0.05) is 65.8 Å². The van der Waals surface area contributed by atoms with Crippen LogP contribution in [-0.4, -0.2) is 19.1 Å². The minimum atomic E-state index is 0.690. The number of nitrogens with zero attached hydrogens (tertiary/aromatic N) is 4. The van der Waals surface area contributed by atoms with Crippen LogP contribution in [0.5, 0.6) is 0 Å². The molecule has 0 amide bonds. The molecule has 3 aromatic heterocycles. The summed E-state index contributed by atoms with van der Waals surface area (Å²) in [7, 11) is 0. The van der Waals surface area contributed by atoms with E-state index in [0.717, 1.165) is 39.5 Å².